The monoisotopic (exact) mass is 1650 g/mol. The first-order chi connectivity index (χ1) is 53.9. The van der Waals surface area contributed by atoms with Gasteiger partial charge in [0.15, 0.2) is 19.7 Å². The van der Waals surface area contributed by atoms with Crippen molar-refractivity contribution in [2.24, 2.45) is 5.14 Å². The molecule has 0 saturated heterocycles. The molecule has 7 N–H and O–H groups in total. The van der Waals surface area contributed by atoms with Crippen molar-refractivity contribution in [2.75, 3.05) is 52.6 Å². The predicted octanol–water partition coefficient (Wildman–Crippen LogP) is 13.8. The molecule has 10 rings (SSSR count). The highest BCUT2D eigenvalue weighted by Crippen LogP contribution is 2.30. The van der Waals surface area contributed by atoms with Crippen LogP contribution in [0.3, 0.4) is 0 Å². The minimum absolute atomic E-state index is 0.00673. The van der Waals surface area contributed by atoms with Crippen molar-refractivity contribution in [3.05, 3.63) is 304 Å². The molecule has 2 atom stereocenters. The molecule has 10 aromatic rings. The number of benzene rings is 10. The molecule has 25 nitrogen and oxygen atoms in total. The van der Waals surface area contributed by atoms with Crippen LogP contribution in [0.2, 0.25) is 0 Å². The zero-order valence-electron chi connectivity index (χ0n) is 63.5. The zero-order valence-corrected chi connectivity index (χ0v) is 67.6. The molecule has 2 unspecified atom stereocenters. The second-order valence-corrected chi connectivity index (χ2v) is 35.3. The van der Waals surface area contributed by atoms with Crippen LogP contribution >= 0.6 is 0 Å². The van der Waals surface area contributed by atoms with Crippen LogP contribution < -0.4 is 26.4 Å². The number of esters is 1. The van der Waals surface area contributed by atoms with Gasteiger partial charge in [-0.3, -0.25) is 27.5 Å². The van der Waals surface area contributed by atoms with Crippen LogP contribution in [0.1, 0.15) is 110 Å². The van der Waals surface area contributed by atoms with E-state index in [4.69, 9.17) is 23.3 Å². The van der Waals surface area contributed by atoms with Gasteiger partial charge in [0.25, 0.3) is 32.1 Å². The maximum Gasteiger partial charge on any atom is 0.338 e. The topological polar surface area (TPSA) is 395 Å². The van der Waals surface area contributed by atoms with E-state index in [2.05, 4.69) is 21.3 Å². The van der Waals surface area contributed by atoms with Gasteiger partial charge >= 0.3 is 11.9 Å². The minimum Gasteiger partial charge on any atom is -0.478 e. The van der Waals surface area contributed by atoms with E-state index in [1.165, 1.54) is 72.8 Å². The Hall–Kier alpha value is -11.4. The SMILES string of the molecule is CCOC(=O)c1ccc(NC(=O)CC(CCS(=O)(=O)c2ccc(C)cc2)c2ccc(C)cc2)cc1.Cc1ccc(C(CCS(=O)(=O)c2ccc(C)cc2)CC(=O)Nc2ccccc2)cc1.Cc1ccc(S(=O)(=O)OCC(=O)Nc2ccc(C(=O)O)cc2)cc1.Cc1ccc(S(=O)(=O)OCC(=O)Nc2ccc(S(N)(=O)=O)cc2)cc1. The molecule has 0 aliphatic rings. The zero-order chi connectivity index (χ0) is 83.4. The van der Waals surface area contributed by atoms with E-state index in [9.17, 15) is 70.9 Å². The number of aryl methyl sites for hydroxylation is 6. The van der Waals surface area contributed by atoms with E-state index in [-0.39, 0.29) is 85.4 Å². The Labute approximate surface area is 665 Å². The fraction of sp³-hybridized carbons (Fsp3) is 0.214. The van der Waals surface area contributed by atoms with Crippen LogP contribution in [0, 0.1) is 41.5 Å². The summed E-state index contributed by atoms with van der Waals surface area (Å²) in [5.41, 5.74) is 10.3. The van der Waals surface area contributed by atoms with Gasteiger partial charge in [-0.25, -0.2) is 40.0 Å². The third kappa shape index (κ3) is 29.6. The summed E-state index contributed by atoms with van der Waals surface area (Å²) in [4.78, 5) is 72.0. The average molecular weight is 1650 g/mol. The van der Waals surface area contributed by atoms with Gasteiger partial charge in [-0.2, -0.15) is 16.8 Å². The Morgan fingerprint density at radius 2 is 0.632 bits per heavy atom. The summed E-state index contributed by atoms with van der Waals surface area (Å²) in [5.74, 6) is -3.76. The van der Waals surface area contributed by atoms with Crippen molar-refractivity contribution in [3.8, 4) is 0 Å². The van der Waals surface area contributed by atoms with Crippen molar-refractivity contribution in [3.63, 3.8) is 0 Å². The lowest BCUT2D eigenvalue weighted by atomic mass is 9.92. The first-order valence-corrected chi connectivity index (χ1v) is 43.2. The summed E-state index contributed by atoms with van der Waals surface area (Å²) < 4.78 is 136. The molecular weight excluding hydrogens is 1560 g/mol. The first-order valence-electron chi connectivity index (χ1n) is 35.5. The Bertz CT molecular complexity index is 5520. The van der Waals surface area contributed by atoms with Gasteiger partial charge in [0.2, 0.25) is 21.8 Å². The van der Waals surface area contributed by atoms with Gasteiger partial charge in [-0.15, -0.1) is 0 Å². The van der Waals surface area contributed by atoms with Crippen molar-refractivity contribution in [2.45, 2.75) is 110 Å². The van der Waals surface area contributed by atoms with E-state index in [1.807, 2.05) is 120 Å². The standard InChI is InChI=1S/C28H31NO5S.C25H27NO3S.C16H15NO6S.C15H16N2O6S2/c1-4-34-28(31)23-11-13-25(14-12-23)29-27(30)19-24(22-9-5-20(2)6-10-22)17-18-35(32,33)26-15-7-21(3)8-16-26;1-19-8-12-21(13-9-19)22(18-25(27)26-23-6-4-3-5-7-23)16-17-30(28,29)24-14-10-20(2)11-15-24;1-11-2-8-14(9-3-11)24(21,22)23-10-15(18)17-13-6-4-12(5-7-13)16(19)20;1-11-2-6-14(7-3-11)25(21,22)23-10-15(18)17-12-4-8-13(9-5-12)24(16,19)20/h5-16,24H,4,17-19H2,1-3H3,(H,29,30);3-15,22H,16-18H2,1-2H3,(H,26,27);2-9H,10H2,1H3,(H,17,18)(H,19,20);2-9H,10H2,1H3,(H,17,18)(H2,16,19,20). The predicted molar refractivity (Wildman–Crippen MR) is 436 cm³/mol. The van der Waals surface area contributed by atoms with Gasteiger partial charge in [0, 0.05) is 35.6 Å². The van der Waals surface area contributed by atoms with E-state index in [1.54, 1.807) is 104 Å². The highest BCUT2D eigenvalue weighted by atomic mass is 32.2. The number of nitrogens with one attached hydrogen (secondary N) is 4. The van der Waals surface area contributed by atoms with E-state index in [0.717, 1.165) is 50.2 Å². The van der Waals surface area contributed by atoms with Gasteiger partial charge in [-0.1, -0.05) is 149 Å². The molecule has 114 heavy (non-hydrogen) atoms. The summed E-state index contributed by atoms with van der Waals surface area (Å²) in [5, 5.41) is 24.3. The molecule has 4 amide bonds. The number of sulfonamides is 1. The molecule has 0 spiro atoms. The Morgan fingerprint density at radius 1 is 0.351 bits per heavy atom. The van der Waals surface area contributed by atoms with Crippen molar-refractivity contribution < 1.29 is 89.1 Å². The summed E-state index contributed by atoms with van der Waals surface area (Å²) in [6, 6.07) is 67.8. The third-order valence-electron chi connectivity index (χ3n) is 17.1. The third-order valence-corrected chi connectivity index (χ3v) is 24.1. The van der Waals surface area contributed by atoms with Crippen LogP contribution in [-0.2, 0) is 82.2 Å². The highest BCUT2D eigenvalue weighted by molar-refractivity contribution is 7.91. The highest BCUT2D eigenvalue weighted by Gasteiger charge is 2.25. The summed E-state index contributed by atoms with van der Waals surface area (Å²) >= 11 is 0. The number of hydrogen-bond donors (Lipinski definition) is 6. The molecule has 0 saturated carbocycles. The molecule has 0 radical (unpaired) electrons. The molecule has 0 aliphatic carbocycles. The van der Waals surface area contributed by atoms with Crippen LogP contribution in [0.5, 0.6) is 0 Å². The molecule has 0 fully saturated rings. The normalized spacial score (nSPS) is 11.9. The molecular formula is C84H89N5O20S5. The number of carboxylic acids is 1. The minimum atomic E-state index is -4.05. The van der Waals surface area contributed by atoms with Gasteiger partial charge < -0.3 is 31.1 Å². The lowest BCUT2D eigenvalue weighted by Crippen LogP contribution is -2.21. The van der Waals surface area contributed by atoms with Gasteiger partial charge in [0.1, 0.15) is 13.2 Å². The van der Waals surface area contributed by atoms with E-state index in [0.29, 0.717) is 34.7 Å². The number of carboxylic acid groups (broad SMARTS) is 1. The largest absolute Gasteiger partial charge is 0.478 e. The molecule has 30 heteroatoms. The van der Waals surface area contributed by atoms with Crippen LogP contribution in [0.15, 0.2) is 273 Å². The summed E-state index contributed by atoms with van der Waals surface area (Å²) in [6.07, 6.45) is 1.05. The Kier molecular flexibility index (Phi) is 33.1. The number of amides is 4. The number of aromatic carboxylic acids is 1. The molecule has 0 aliphatic heterocycles. The Balaban J connectivity index is 0.000000213. The molecule has 0 aromatic heterocycles. The van der Waals surface area contributed by atoms with Crippen LogP contribution in [0.25, 0.3) is 0 Å². The number of anilines is 4. The van der Waals surface area contributed by atoms with Crippen molar-refractivity contribution in [1.82, 2.24) is 0 Å². The number of carbonyl (C=O) groups is 6. The van der Waals surface area contributed by atoms with Gasteiger partial charge in [0.05, 0.1) is 53.7 Å². The number of sulfone groups is 2. The number of para-hydroxylation sites is 1. The maximum absolute atomic E-state index is 12.9. The lowest BCUT2D eigenvalue weighted by Gasteiger charge is -2.18. The summed E-state index contributed by atoms with van der Waals surface area (Å²) in [6.45, 7) is 12.1. The lowest BCUT2D eigenvalue weighted by molar-refractivity contribution is -0.118. The number of carbonyl (C=O) groups excluding carboxylic acids is 5. The first kappa shape index (κ1) is 89.8. The van der Waals surface area contributed by atoms with Crippen LogP contribution in [0.4, 0.5) is 22.7 Å². The van der Waals surface area contributed by atoms with Crippen molar-refractivity contribution >= 4 is 108 Å². The number of ether oxygens (including phenoxy) is 1. The number of nitrogens with two attached hydrogens (primary N) is 1. The molecule has 10 aromatic carbocycles. The number of hydrogen-bond acceptors (Lipinski definition) is 19. The second kappa shape index (κ2) is 42.0. The Morgan fingerprint density at radius 3 is 0.947 bits per heavy atom. The average Bonchev–Trinajstić information content (AvgIpc) is 0.841. The van der Waals surface area contributed by atoms with E-state index < -0.39 is 86.9 Å². The molecule has 600 valence electrons. The fourth-order valence-corrected chi connectivity index (χ4v) is 15.7. The maximum atomic E-state index is 12.9. The van der Waals surface area contributed by atoms with Gasteiger partial charge in [-0.05, 0) is 218 Å². The fourth-order valence-electron chi connectivity index (χ4n) is 10.7. The number of rotatable bonds is 30. The second-order valence-electron chi connectivity index (χ2n) is 26.3. The quantitative estimate of drug-likeness (QED) is 0.0180. The smallest absolute Gasteiger partial charge is 0.338 e. The molecule has 0 heterocycles. The van der Waals surface area contributed by atoms with E-state index >= 15 is 0 Å². The van der Waals surface area contributed by atoms with Crippen molar-refractivity contribution in [1.29, 1.82) is 0 Å². The number of primary sulfonamides is 1. The molecule has 0 bridgehead atoms. The van der Waals surface area contributed by atoms with Crippen LogP contribution in [-0.4, -0.2) is 114 Å². The summed E-state index contributed by atoms with van der Waals surface area (Å²) in [7, 11) is -18.8.